The fraction of sp³-hybridized carbons (Fsp3) is 0.875. The van der Waals surface area contributed by atoms with E-state index in [9.17, 15) is 9.18 Å². The van der Waals surface area contributed by atoms with E-state index in [4.69, 9.17) is 0 Å². The zero-order valence-corrected chi connectivity index (χ0v) is 7.75. The first-order valence-electron chi connectivity index (χ1n) is 4.40. The van der Waals surface area contributed by atoms with Gasteiger partial charge in [-0.25, -0.2) is 4.79 Å². The van der Waals surface area contributed by atoms with Crippen LogP contribution in [0.4, 0.5) is 9.18 Å². The van der Waals surface area contributed by atoms with Crippen LogP contribution in [0.1, 0.15) is 6.42 Å². The number of halogens is 1. The maximum atomic E-state index is 12.0. The van der Waals surface area contributed by atoms with E-state index in [1.807, 2.05) is 0 Å². The Kier molecular flexibility index (Phi) is 3.95. The average molecular weight is 190 g/mol. The van der Waals surface area contributed by atoms with Crippen molar-refractivity contribution in [2.24, 2.45) is 0 Å². The van der Waals surface area contributed by atoms with E-state index in [2.05, 4.69) is 10.1 Å². The fourth-order valence-electron chi connectivity index (χ4n) is 1.45. The molecule has 0 aromatic carbocycles. The molecule has 1 atom stereocenters. The maximum absolute atomic E-state index is 12.0. The van der Waals surface area contributed by atoms with Crippen molar-refractivity contribution in [1.29, 1.82) is 0 Å². The summed E-state index contributed by atoms with van der Waals surface area (Å²) in [5, 5.41) is 3.14. The van der Waals surface area contributed by atoms with Crippen LogP contribution in [0.5, 0.6) is 0 Å². The molecule has 0 aromatic heterocycles. The highest BCUT2D eigenvalue weighted by Gasteiger charge is 2.22. The van der Waals surface area contributed by atoms with Gasteiger partial charge in [-0.1, -0.05) is 0 Å². The normalized spacial score (nSPS) is 22.9. The van der Waals surface area contributed by atoms with Gasteiger partial charge >= 0.3 is 6.09 Å². The summed E-state index contributed by atoms with van der Waals surface area (Å²) in [6.45, 7) is 1.53. The quantitative estimate of drug-likeness (QED) is 0.684. The number of carbonyl (C=O) groups excluding carboxylic acids is 1. The predicted octanol–water partition coefficient (Wildman–Crippen LogP) is 0.386. The van der Waals surface area contributed by atoms with Crippen molar-refractivity contribution in [3.8, 4) is 0 Å². The lowest BCUT2D eigenvalue weighted by Crippen LogP contribution is -2.52. The van der Waals surface area contributed by atoms with Gasteiger partial charge < -0.3 is 15.0 Å². The number of ether oxygens (including phenoxy) is 1. The molecule has 0 spiro atoms. The molecular weight excluding hydrogens is 175 g/mol. The molecule has 0 saturated carbocycles. The van der Waals surface area contributed by atoms with E-state index in [1.165, 1.54) is 7.11 Å². The number of nitrogens with zero attached hydrogens (tertiary/aromatic N) is 1. The summed E-state index contributed by atoms with van der Waals surface area (Å²) < 4.78 is 16.6. The molecule has 0 radical (unpaired) electrons. The highest BCUT2D eigenvalue weighted by atomic mass is 19.1. The van der Waals surface area contributed by atoms with Gasteiger partial charge in [0.15, 0.2) is 0 Å². The molecule has 0 bridgehead atoms. The van der Waals surface area contributed by atoms with Crippen molar-refractivity contribution in [1.82, 2.24) is 10.2 Å². The molecule has 1 N–H and O–H groups in total. The van der Waals surface area contributed by atoms with Crippen LogP contribution in [-0.4, -0.2) is 50.5 Å². The summed E-state index contributed by atoms with van der Waals surface area (Å²) in [7, 11) is 1.36. The molecule has 76 valence electrons. The third kappa shape index (κ3) is 2.84. The number of carbonyl (C=O) groups is 1. The summed E-state index contributed by atoms with van der Waals surface area (Å²) in [5.74, 6) is 0. The van der Waals surface area contributed by atoms with Crippen LogP contribution in [0.25, 0.3) is 0 Å². The first-order valence-corrected chi connectivity index (χ1v) is 4.40. The van der Waals surface area contributed by atoms with Crippen molar-refractivity contribution < 1.29 is 13.9 Å². The Morgan fingerprint density at radius 2 is 2.54 bits per heavy atom. The average Bonchev–Trinajstić information content (AvgIpc) is 2.18. The summed E-state index contributed by atoms with van der Waals surface area (Å²) in [5.41, 5.74) is 0. The molecule has 1 saturated heterocycles. The highest BCUT2D eigenvalue weighted by molar-refractivity contribution is 5.67. The largest absolute Gasteiger partial charge is 0.453 e. The number of nitrogens with one attached hydrogen (secondary N) is 1. The Hall–Kier alpha value is -0.840. The second kappa shape index (κ2) is 5.01. The summed E-state index contributed by atoms with van der Waals surface area (Å²) in [6.07, 6.45) is 0.124. The lowest BCUT2D eigenvalue weighted by atomic mass is 10.1. The van der Waals surface area contributed by atoms with Gasteiger partial charge in [0, 0.05) is 25.7 Å². The van der Waals surface area contributed by atoms with E-state index in [-0.39, 0.29) is 18.8 Å². The summed E-state index contributed by atoms with van der Waals surface area (Å²) >= 11 is 0. The SMILES string of the molecule is COC(=O)N1CCNC(CCF)C1. The predicted molar refractivity (Wildman–Crippen MR) is 46.4 cm³/mol. The van der Waals surface area contributed by atoms with E-state index >= 15 is 0 Å². The Morgan fingerprint density at radius 1 is 1.77 bits per heavy atom. The van der Waals surface area contributed by atoms with Crippen LogP contribution < -0.4 is 5.32 Å². The van der Waals surface area contributed by atoms with Gasteiger partial charge in [0.2, 0.25) is 0 Å². The van der Waals surface area contributed by atoms with Crippen LogP contribution in [-0.2, 0) is 4.74 Å². The van der Waals surface area contributed by atoms with Crippen LogP contribution in [0.15, 0.2) is 0 Å². The third-order valence-electron chi connectivity index (χ3n) is 2.15. The van der Waals surface area contributed by atoms with Gasteiger partial charge in [-0.05, 0) is 6.42 Å². The third-order valence-corrected chi connectivity index (χ3v) is 2.15. The number of hydrogen-bond acceptors (Lipinski definition) is 3. The van der Waals surface area contributed by atoms with Crippen molar-refractivity contribution in [2.75, 3.05) is 33.4 Å². The molecule has 1 unspecified atom stereocenters. The van der Waals surface area contributed by atoms with E-state index in [0.29, 0.717) is 26.1 Å². The van der Waals surface area contributed by atoms with E-state index in [1.54, 1.807) is 4.90 Å². The van der Waals surface area contributed by atoms with Crippen LogP contribution in [0, 0.1) is 0 Å². The van der Waals surface area contributed by atoms with E-state index < -0.39 is 0 Å². The zero-order chi connectivity index (χ0) is 9.68. The first kappa shape index (κ1) is 10.2. The molecule has 0 aliphatic carbocycles. The van der Waals surface area contributed by atoms with Crippen molar-refractivity contribution in [3.63, 3.8) is 0 Å². The number of methoxy groups -OCH3 is 1. The molecule has 0 aromatic rings. The van der Waals surface area contributed by atoms with Gasteiger partial charge in [0.1, 0.15) is 0 Å². The molecule has 1 aliphatic heterocycles. The zero-order valence-electron chi connectivity index (χ0n) is 7.75. The second-order valence-electron chi connectivity index (χ2n) is 3.04. The lowest BCUT2D eigenvalue weighted by molar-refractivity contribution is 0.107. The lowest BCUT2D eigenvalue weighted by Gasteiger charge is -2.32. The van der Waals surface area contributed by atoms with E-state index in [0.717, 1.165) is 0 Å². The topological polar surface area (TPSA) is 41.6 Å². The van der Waals surface area contributed by atoms with Gasteiger partial charge in [0.05, 0.1) is 13.8 Å². The Labute approximate surface area is 77.0 Å². The highest BCUT2D eigenvalue weighted by Crippen LogP contribution is 2.04. The minimum atomic E-state index is -0.354. The summed E-state index contributed by atoms with van der Waals surface area (Å²) in [6, 6.07) is 0.0675. The van der Waals surface area contributed by atoms with Crippen molar-refractivity contribution in [3.05, 3.63) is 0 Å². The number of hydrogen-bond donors (Lipinski definition) is 1. The minimum absolute atomic E-state index is 0.0675. The molecule has 5 heteroatoms. The van der Waals surface area contributed by atoms with Gasteiger partial charge in [-0.3, -0.25) is 4.39 Å². The van der Waals surface area contributed by atoms with Gasteiger partial charge in [-0.2, -0.15) is 0 Å². The molecule has 1 amide bonds. The molecule has 13 heavy (non-hydrogen) atoms. The number of piperazine rings is 1. The fourth-order valence-corrected chi connectivity index (χ4v) is 1.45. The van der Waals surface area contributed by atoms with Crippen LogP contribution in [0.2, 0.25) is 0 Å². The van der Waals surface area contributed by atoms with Crippen molar-refractivity contribution >= 4 is 6.09 Å². The number of alkyl halides is 1. The van der Waals surface area contributed by atoms with Crippen LogP contribution in [0.3, 0.4) is 0 Å². The molecule has 1 rings (SSSR count). The van der Waals surface area contributed by atoms with Crippen molar-refractivity contribution in [2.45, 2.75) is 12.5 Å². The van der Waals surface area contributed by atoms with Gasteiger partial charge in [0.25, 0.3) is 0 Å². The Morgan fingerprint density at radius 3 is 3.15 bits per heavy atom. The molecule has 1 aliphatic rings. The second-order valence-corrected chi connectivity index (χ2v) is 3.04. The number of amides is 1. The van der Waals surface area contributed by atoms with Gasteiger partial charge in [-0.15, -0.1) is 0 Å². The summed E-state index contributed by atoms with van der Waals surface area (Å²) in [4.78, 5) is 12.7. The standard InChI is InChI=1S/C8H15FN2O2/c1-13-8(12)11-5-4-10-7(6-11)2-3-9/h7,10H,2-6H2,1H3. The molecular formula is C8H15FN2O2. The smallest absolute Gasteiger partial charge is 0.409 e. The first-order chi connectivity index (χ1) is 6.27. The number of rotatable bonds is 2. The maximum Gasteiger partial charge on any atom is 0.409 e. The molecule has 4 nitrogen and oxygen atoms in total. The Balaban J connectivity index is 2.37. The van der Waals surface area contributed by atoms with Crippen LogP contribution >= 0.6 is 0 Å². The molecule has 1 fully saturated rings. The molecule has 1 heterocycles. The monoisotopic (exact) mass is 190 g/mol. The minimum Gasteiger partial charge on any atom is -0.453 e. The Bertz CT molecular complexity index is 176.